The van der Waals surface area contributed by atoms with Crippen molar-refractivity contribution in [2.75, 3.05) is 30.5 Å². The first kappa shape index (κ1) is 18.5. The molecule has 0 fully saturated rings. The zero-order valence-corrected chi connectivity index (χ0v) is 16.5. The summed E-state index contributed by atoms with van der Waals surface area (Å²) in [6.07, 6.45) is 0. The van der Waals surface area contributed by atoms with Crippen LogP contribution in [0.2, 0.25) is 0 Å². The lowest BCUT2D eigenvalue weighted by molar-refractivity contribution is 1.18. The number of anilines is 3. The van der Waals surface area contributed by atoms with Crippen LogP contribution in [0.3, 0.4) is 0 Å². The maximum Gasteiger partial charge on any atom is 0.160 e. The zero-order valence-electron chi connectivity index (χ0n) is 16.5. The molecule has 1 aromatic heterocycles. The fourth-order valence-corrected chi connectivity index (χ4v) is 3.22. The van der Waals surface area contributed by atoms with Gasteiger partial charge < -0.3 is 16.4 Å². The van der Waals surface area contributed by atoms with E-state index in [1.54, 1.807) is 0 Å². The van der Waals surface area contributed by atoms with E-state index >= 15 is 0 Å². The number of nitrogen functional groups attached to an aromatic ring is 1. The highest BCUT2D eigenvalue weighted by Crippen LogP contribution is 2.30. The summed E-state index contributed by atoms with van der Waals surface area (Å²) >= 11 is 0. The van der Waals surface area contributed by atoms with E-state index in [1.165, 1.54) is 0 Å². The van der Waals surface area contributed by atoms with Crippen molar-refractivity contribution in [3.8, 4) is 33.9 Å². The van der Waals surface area contributed by atoms with Crippen molar-refractivity contribution in [2.45, 2.75) is 0 Å². The summed E-state index contributed by atoms with van der Waals surface area (Å²) in [5.74, 6) is 0.648. The fraction of sp³-hybridized carbons (Fsp3) is 0.0833. The van der Waals surface area contributed by atoms with Gasteiger partial charge in [0, 0.05) is 47.8 Å². The van der Waals surface area contributed by atoms with Crippen LogP contribution in [0.4, 0.5) is 17.1 Å². The summed E-state index contributed by atoms with van der Waals surface area (Å²) in [5, 5.41) is 6.37. The quantitative estimate of drug-likeness (QED) is 0.417. The van der Waals surface area contributed by atoms with Gasteiger partial charge in [-0.3, -0.25) is 0 Å². The Balaban J connectivity index is 1.91. The average Bonchev–Trinajstić information content (AvgIpc) is 2.79. The van der Waals surface area contributed by atoms with E-state index in [1.807, 2.05) is 68.7 Å². The lowest BCUT2D eigenvalue weighted by Crippen LogP contribution is -1.97. The predicted octanol–water partition coefficient (Wildman–Crippen LogP) is 5.14. The Morgan fingerprint density at radius 3 is 1.66 bits per heavy atom. The first-order valence-corrected chi connectivity index (χ1v) is 9.47. The molecule has 1 heterocycles. The van der Waals surface area contributed by atoms with Gasteiger partial charge in [-0.1, -0.05) is 36.4 Å². The van der Waals surface area contributed by atoms with E-state index in [0.29, 0.717) is 11.5 Å². The number of hydrogen-bond donors (Lipinski definition) is 3. The van der Waals surface area contributed by atoms with Gasteiger partial charge in [0.2, 0.25) is 0 Å². The van der Waals surface area contributed by atoms with E-state index in [4.69, 9.17) is 15.7 Å². The second kappa shape index (κ2) is 8.02. The van der Waals surface area contributed by atoms with Crippen molar-refractivity contribution >= 4 is 17.1 Å². The molecule has 0 aliphatic heterocycles. The molecule has 29 heavy (non-hydrogen) atoms. The Kier molecular flexibility index (Phi) is 5.12. The number of nitrogens with zero attached hydrogens (tertiary/aromatic N) is 2. The second-order valence-corrected chi connectivity index (χ2v) is 6.75. The van der Waals surface area contributed by atoms with Crippen LogP contribution in [0.5, 0.6) is 0 Å². The minimum absolute atomic E-state index is 0.648. The van der Waals surface area contributed by atoms with Crippen molar-refractivity contribution in [1.82, 2.24) is 9.97 Å². The molecule has 0 amide bonds. The Morgan fingerprint density at radius 1 is 0.621 bits per heavy atom. The second-order valence-electron chi connectivity index (χ2n) is 6.75. The third-order valence-corrected chi connectivity index (χ3v) is 4.76. The largest absolute Gasteiger partial charge is 0.399 e. The lowest BCUT2D eigenvalue weighted by atomic mass is 10.1. The smallest absolute Gasteiger partial charge is 0.160 e. The molecule has 5 nitrogen and oxygen atoms in total. The average molecular weight is 381 g/mol. The molecular formula is C24H23N5. The molecule has 3 aromatic carbocycles. The molecular weight excluding hydrogens is 358 g/mol. The Hall–Kier alpha value is -3.86. The highest BCUT2D eigenvalue weighted by molar-refractivity contribution is 5.75. The van der Waals surface area contributed by atoms with Gasteiger partial charge in [-0.25, -0.2) is 9.97 Å². The van der Waals surface area contributed by atoms with Crippen LogP contribution >= 0.6 is 0 Å². The molecule has 0 spiro atoms. The summed E-state index contributed by atoms with van der Waals surface area (Å²) in [5.41, 5.74) is 13.4. The molecule has 0 atom stereocenters. The molecule has 0 unspecified atom stereocenters. The molecule has 4 N–H and O–H groups in total. The van der Waals surface area contributed by atoms with Crippen LogP contribution < -0.4 is 16.4 Å². The fourth-order valence-electron chi connectivity index (χ4n) is 3.22. The monoisotopic (exact) mass is 381 g/mol. The Bertz CT molecular complexity index is 1090. The van der Waals surface area contributed by atoms with Gasteiger partial charge in [0.05, 0.1) is 11.4 Å². The molecule has 4 rings (SSSR count). The van der Waals surface area contributed by atoms with Gasteiger partial charge in [-0.15, -0.1) is 0 Å². The molecule has 0 aliphatic rings. The van der Waals surface area contributed by atoms with Crippen LogP contribution in [0.15, 0.2) is 78.9 Å². The highest BCUT2D eigenvalue weighted by Gasteiger charge is 2.11. The first-order valence-electron chi connectivity index (χ1n) is 9.47. The van der Waals surface area contributed by atoms with Crippen LogP contribution in [0, 0.1) is 0 Å². The molecule has 0 bridgehead atoms. The minimum Gasteiger partial charge on any atom is -0.399 e. The van der Waals surface area contributed by atoms with E-state index in [2.05, 4.69) is 34.9 Å². The molecule has 144 valence electrons. The van der Waals surface area contributed by atoms with Crippen molar-refractivity contribution < 1.29 is 0 Å². The maximum atomic E-state index is 6.00. The summed E-state index contributed by atoms with van der Waals surface area (Å²) in [7, 11) is 3.82. The van der Waals surface area contributed by atoms with Gasteiger partial charge in [0.1, 0.15) is 0 Å². The maximum absolute atomic E-state index is 6.00. The highest BCUT2D eigenvalue weighted by atomic mass is 14.9. The topological polar surface area (TPSA) is 75.9 Å². The Labute approximate surface area is 170 Å². The molecule has 0 saturated heterocycles. The van der Waals surface area contributed by atoms with Gasteiger partial charge >= 0.3 is 0 Å². The van der Waals surface area contributed by atoms with Crippen molar-refractivity contribution in [3.63, 3.8) is 0 Å². The van der Waals surface area contributed by atoms with Crippen molar-refractivity contribution in [1.29, 1.82) is 0 Å². The van der Waals surface area contributed by atoms with Crippen LogP contribution in [0.25, 0.3) is 33.9 Å². The van der Waals surface area contributed by atoms with E-state index < -0.39 is 0 Å². The van der Waals surface area contributed by atoms with Crippen molar-refractivity contribution in [3.05, 3.63) is 78.9 Å². The number of hydrogen-bond acceptors (Lipinski definition) is 5. The van der Waals surface area contributed by atoms with Crippen LogP contribution in [0.1, 0.15) is 0 Å². The summed E-state index contributed by atoms with van der Waals surface area (Å²) in [4.78, 5) is 9.70. The minimum atomic E-state index is 0.648. The number of benzene rings is 3. The molecule has 5 heteroatoms. The molecule has 4 aromatic rings. The van der Waals surface area contributed by atoms with Gasteiger partial charge in [0.15, 0.2) is 5.82 Å². The Morgan fingerprint density at radius 2 is 1.14 bits per heavy atom. The van der Waals surface area contributed by atoms with Crippen LogP contribution in [-0.4, -0.2) is 24.1 Å². The summed E-state index contributed by atoms with van der Waals surface area (Å²) in [6.45, 7) is 0. The van der Waals surface area contributed by atoms with Crippen molar-refractivity contribution in [2.24, 2.45) is 0 Å². The summed E-state index contributed by atoms with van der Waals surface area (Å²) < 4.78 is 0. The normalized spacial score (nSPS) is 10.6. The third-order valence-electron chi connectivity index (χ3n) is 4.76. The number of nitrogens with two attached hydrogens (primary N) is 1. The number of nitrogens with one attached hydrogen (secondary N) is 2. The molecule has 0 aliphatic carbocycles. The van der Waals surface area contributed by atoms with Gasteiger partial charge in [0.25, 0.3) is 0 Å². The summed E-state index contributed by atoms with van der Waals surface area (Å²) in [6, 6.07) is 26.1. The van der Waals surface area contributed by atoms with E-state index in [-0.39, 0.29) is 0 Å². The number of rotatable bonds is 5. The zero-order chi connectivity index (χ0) is 20.2. The van der Waals surface area contributed by atoms with Crippen LogP contribution in [-0.2, 0) is 0 Å². The lowest BCUT2D eigenvalue weighted by Gasteiger charge is -2.11. The van der Waals surface area contributed by atoms with Gasteiger partial charge in [-0.05, 0) is 42.5 Å². The first-order chi connectivity index (χ1) is 14.2. The van der Waals surface area contributed by atoms with E-state index in [0.717, 1.165) is 39.5 Å². The molecule has 0 radical (unpaired) electrons. The SMILES string of the molecule is CNc1cccc(-c2cc(-c3cccc(NC)c3)nc(-c3cccc(N)c3)n2)c1. The predicted molar refractivity (Wildman–Crippen MR) is 122 cm³/mol. The van der Waals surface area contributed by atoms with Gasteiger partial charge in [-0.2, -0.15) is 0 Å². The molecule has 0 saturated carbocycles. The number of aromatic nitrogens is 2. The standard InChI is InChI=1S/C24H23N5/c1-26-20-10-4-6-16(13-20)22-15-23(17-7-5-11-21(14-17)27-2)29-24(28-22)18-8-3-9-19(25)12-18/h3-15,26-27H,25H2,1-2H3. The van der Waals surface area contributed by atoms with E-state index in [9.17, 15) is 0 Å². The third kappa shape index (κ3) is 4.04.